The molecule has 0 atom stereocenters. The van der Waals surface area contributed by atoms with Crippen LogP contribution in [0.3, 0.4) is 0 Å². The van der Waals surface area contributed by atoms with Gasteiger partial charge in [0.2, 0.25) is 5.89 Å². The maximum atomic E-state index is 11.2. The molecule has 2 aromatic rings. The lowest BCUT2D eigenvalue weighted by atomic mass is 10.1. The Bertz CT molecular complexity index is 854. The summed E-state index contributed by atoms with van der Waals surface area (Å²) in [5.74, 6) is 1.51. The molecule has 28 heavy (non-hydrogen) atoms. The third-order valence-corrected chi connectivity index (χ3v) is 4.48. The van der Waals surface area contributed by atoms with Crippen LogP contribution in [0.5, 0.6) is 0 Å². The number of methoxy groups -OCH3 is 1. The Balaban J connectivity index is 1.88. The van der Waals surface area contributed by atoms with Gasteiger partial charge in [-0.3, -0.25) is 5.41 Å². The van der Waals surface area contributed by atoms with Crippen molar-refractivity contribution in [1.29, 1.82) is 5.41 Å². The number of piperidine rings is 1. The minimum absolute atomic E-state index is 0.0772. The first-order valence-corrected chi connectivity index (χ1v) is 9.26. The Morgan fingerprint density at radius 2 is 2.04 bits per heavy atom. The summed E-state index contributed by atoms with van der Waals surface area (Å²) in [4.78, 5) is 18.0. The van der Waals surface area contributed by atoms with Crippen LogP contribution in [0.25, 0.3) is 11.5 Å². The number of nitrogens with one attached hydrogen (secondary N) is 2. The normalized spacial score (nSPS) is 14.6. The summed E-state index contributed by atoms with van der Waals surface area (Å²) in [5.41, 5.74) is 7.21. The number of nitrogens with two attached hydrogens (primary N) is 1. The molecule has 1 aromatic heterocycles. The first-order valence-electron chi connectivity index (χ1n) is 9.26. The van der Waals surface area contributed by atoms with Crippen molar-refractivity contribution < 1.29 is 13.9 Å². The number of ether oxygens (including phenoxy) is 1. The smallest absolute Gasteiger partial charge is 0.407 e. The van der Waals surface area contributed by atoms with Gasteiger partial charge in [0.15, 0.2) is 11.6 Å². The van der Waals surface area contributed by atoms with Crippen LogP contribution < -0.4 is 16.0 Å². The highest BCUT2D eigenvalue weighted by Crippen LogP contribution is 2.30. The van der Waals surface area contributed by atoms with E-state index < -0.39 is 6.09 Å². The monoisotopic (exact) mass is 383 g/mol. The van der Waals surface area contributed by atoms with E-state index in [1.807, 2.05) is 30.3 Å². The molecular weight excluding hydrogens is 358 g/mol. The van der Waals surface area contributed by atoms with Gasteiger partial charge in [-0.2, -0.15) is 4.98 Å². The average molecular weight is 383 g/mol. The van der Waals surface area contributed by atoms with E-state index in [0.29, 0.717) is 23.2 Å². The standard InChI is InChI=1S/C20H25N5O3/c1-27-20(26)23-13-15(21)12-16(22)17-18(25-10-6-3-7-11-25)24-19(28-17)14-8-4-2-5-9-14/h2,4-5,8-9,12,22H,3,6-7,10-11,13,21H2,1H3,(H,23,26). The summed E-state index contributed by atoms with van der Waals surface area (Å²) in [6.45, 7) is 1.84. The lowest BCUT2D eigenvalue weighted by Gasteiger charge is -2.26. The fraction of sp³-hybridized carbons (Fsp3) is 0.350. The lowest BCUT2D eigenvalue weighted by Crippen LogP contribution is -2.31. The summed E-state index contributed by atoms with van der Waals surface area (Å²) in [7, 11) is 1.28. The predicted octanol–water partition coefficient (Wildman–Crippen LogP) is 2.90. The number of aromatic nitrogens is 1. The van der Waals surface area contributed by atoms with E-state index in [4.69, 9.17) is 15.6 Å². The van der Waals surface area contributed by atoms with E-state index in [1.165, 1.54) is 19.6 Å². The molecule has 1 aromatic carbocycles. The van der Waals surface area contributed by atoms with Crippen molar-refractivity contribution in [1.82, 2.24) is 10.3 Å². The van der Waals surface area contributed by atoms with Crippen LogP contribution in [-0.4, -0.2) is 43.5 Å². The van der Waals surface area contributed by atoms with Crippen LogP contribution in [0.2, 0.25) is 0 Å². The number of rotatable bonds is 6. The number of amides is 1. The molecule has 1 aliphatic heterocycles. The third kappa shape index (κ3) is 4.70. The fourth-order valence-corrected chi connectivity index (χ4v) is 3.06. The highest BCUT2D eigenvalue weighted by molar-refractivity contribution is 6.08. The summed E-state index contributed by atoms with van der Waals surface area (Å²) >= 11 is 0. The maximum Gasteiger partial charge on any atom is 0.407 e. The Morgan fingerprint density at radius 3 is 2.71 bits per heavy atom. The number of hydrogen-bond donors (Lipinski definition) is 3. The SMILES string of the molecule is COC(=O)NCC(N)=CC(=N)c1oc(-c2ccccc2)nc1N1CCCCC1. The highest BCUT2D eigenvalue weighted by atomic mass is 16.5. The number of anilines is 1. The van der Waals surface area contributed by atoms with Gasteiger partial charge in [0.1, 0.15) is 5.71 Å². The molecule has 8 nitrogen and oxygen atoms in total. The summed E-state index contributed by atoms with van der Waals surface area (Å²) in [5, 5.41) is 11.0. The van der Waals surface area contributed by atoms with Gasteiger partial charge in [-0.15, -0.1) is 0 Å². The van der Waals surface area contributed by atoms with Crippen LogP contribution in [0.4, 0.5) is 10.6 Å². The number of carbonyl (C=O) groups is 1. The van der Waals surface area contributed by atoms with E-state index in [2.05, 4.69) is 19.9 Å². The zero-order valence-corrected chi connectivity index (χ0v) is 15.9. The maximum absolute atomic E-state index is 11.2. The first-order chi connectivity index (χ1) is 13.6. The molecule has 0 bridgehead atoms. The van der Waals surface area contributed by atoms with E-state index >= 15 is 0 Å². The van der Waals surface area contributed by atoms with E-state index in [-0.39, 0.29) is 12.3 Å². The molecule has 2 heterocycles. The number of nitrogens with zero attached hydrogens (tertiary/aromatic N) is 2. The zero-order valence-electron chi connectivity index (χ0n) is 15.9. The van der Waals surface area contributed by atoms with Crippen molar-refractivity contribution >= 4 is 17.6 Å². The predicted molar refractivity (Wildman–Crippen MR) is 108 cm³/mol. The topological polar surface area (TPSA) is 117 Å². The van der Waals surface area contributed by atoms with Crippen molar-refractivity contribution in [2.24, 2.45) is 5.73 Å². The molecule has 4 N–H and O–H groups in total. The Hall–Kier alpha value is -3.29. The molecule has 1 fully saturated rings. The molecule has 1 saturated heterocycles. The summed E-state index contributed by atoms with van der Waals surface area (Å²) in [6, 6.07) is 9.61. The van der Waals surface area contributed by atoms with Gasteiger partial charge in [0, 0.05) is 24.4 Å². The second-order valence-corrected chi connectivity index (χ2v) is 6.56. The van der Waals surface area contributed by atoms with Crippen LogP contribution >= 0.6 is 0 Å². The molecule has 148 valence electrons. The van der Waals surface area contributed by atoms with Gasteiger partial charge in [0.25, 0.3) is 0 Å². The number of oxazole rings is 1. The van der Waals surface area contributed by atoms with Crippen LogP contribution in [-0.2, 0) is 4.74 Å². The number of carbonyl (C=O) groups excluding carboxylic acids is 1. The second-order valence-electron chi connectivity index (χ2n) is 6.56. The Labute approximate surface area is 163 Å². The minimum Gasteiger partial charge on any atom is -0.453 e. The van der Waals surface area contributed by atoms with Crippen molar-refractivity contribution in [3.05, 3.63) is 47.9 Å². The van der Waals surface area contributed by atoms with Gasteiger partial charge in [-0.1, -0.05) is 18.2 Å². The van der Waals surface area contributed by atoms with Crippen LogP contribution in [0.15, 0.2) is 46.5 Å². The lowest BCUT2D eigenvalue weighted by molar-refractivity contribution is 0.172. The number of benzene rings is 1. The summed E-state index contributed by atoms with van der Waals surface area (Å²) in [6.07, 6.45) is 4.25. The highest BCUT2D eigenvalue weighted by Gasteiger charge is 2.24. The fourth-order valence-electron chi connectivity index (χ4n) is 3.06. The van der Waals surface area contributed by atoms with E-state index in [9.17, 15) is 4.79 Å². The molecule has 0 radical (unpaired) electrons. The van der Waals surface area contributed by atoms with Crippen LogP contribution in [0.1, 0.15) is 25.0 Å². The van der Waals surface area contributed by atoms with Gasteiger partial charge in [0.05, 0.1) is 13.7 Å². The molecule has 8 heteroatoms. The number of allylic oxidation sites excluding steroid dienone is 1. The van der Waals surface area contributed by atoms with Gasteiger partial charge >= 0.3 is 6.09 Å². The average Bonchev–Trinajstić information content (AvgIpc) is 3.19. The number of alkyl carbamates (subject to hydrolysis) is 1. The molecule has 1 aliphatic rings. The van der Waals surface area contributed by atoms with E-state index in [0.717, 1.165) is 31.5 Å². The molecular formula is C20H25N5O3. The van der Waals surface area contributed by atoms with Crippen molar-refractivity contribution in [3.8, 4) is 11.5 Å². The largest absolute Gasteiger partial charge is 0.453 e. The molecule has 3 rings (SSSR count). The third-order valence-electron chi connectivity index (χ3n) is 4.48. The molecule has 0 spiro atoms. The van der Waals surface area contributed by atoms with Crippen molar-refractivity contribution in [3.63, 3.8) is 0 Å². The molecule has 1 amide bonds. The Morgan fingerprint density at radius 1 is 1.32 bits per heavy atom. The summed E-state index contributed by atoms with van der Waals surface area (Å²) < 4.78 is 10.5. The number of hydrogen-bond acceptors (Lipinski definition) is 7. The molecule has 0 aliphatic carbocycles. The zero-order chi connectivity index (χ0) is 19.9. The Kier molecular flexibility index (Phi) is 6.31. The van der Waals surface area contributed by atoms with E-state index in [1.54, 1.807) is 0 Å². The van der Waals surface area contributed by atoms with Crippen molar-refractivity contribution in [2.45, 2.75) is 19.3 Å². The molecule has 0 unspecified atom stereocenters. The first kappa shape index (κ1) is 19.5. The quantitative estimate of drug-likeness (QED) is 0.660. The second kappa shape index (κ2) is 9.07. The van der Waals surface area contributed by atoms with Crippen LogP contribution in [0, 0.1) is 5.41 Å². The molecule has 0 saturated carbocycles. The van der Waals surface area contributed by atoms with Gasteiger partial charge in [-0.25, -0.2) is 4.79 Å². The van der Waals surface area contributed by atoms with Gasteiger partial charge in [-0.05, 0) is 37.5 Å². The van der Waals surface area contributed by atoms with Gasteiger partial charge < -0.3 is 25.1 Å². The van der Waals surface area contributed by atoms with Crippen molar-refractivity contribution in [2.75, 3.05) is 31.6 Å². The minimum atomic E-state index is -0.581.